The van der Waals surface area contributed by atoms with E-state index in [1.165, 1.54) is 15.9 Å². The number of pyridine rings is 1. The van der Waals surface area contributed by atoms with Crippen molar-refractivity contribution in [2.24, 2.45) is 0 Å². The second-order valence-electron chi connectivity index (χ2n) is 10.3. The molecule has 0 spiro atoms. The molecule has 1 heterocycles. The van der Waals surface area contributed by atoms with Gasteiger partial charge in [0.1, 0.15) is 0 Å². The van der Waals surface area contributed by atoms with Crippen LogP contribution in [0.25, 0.3) is 0 Å². The third-order valence-corrected chi connectivity index (χ3v) is 9.06. The van der Waals surface area contributed by atoms with Crippen LogP contribution < -0.4 is 15.9 Å². The van der Waals surface area contributed by atoms with Crippen LogP contribution in [0.5, 0.6) is 0 Å². The van der Waals surface area contributed by atoms with Gasteiger partial charge in [0.05, 0.1) is 11.4 Å². The molecule has 0 fully saturated rings. The van der Waals surface area contributed by atoms with E-state index in [9.17, 15) is 26.3 Å². The molecule has 278 valence electrons. The predicted molar refractivity (Wildman–Crippen MR) is 179 cm³/mol. The number of aromatic nitrogens is 1. The third kappa shape index (κ3) is 18.4. The SMILES string of the molecule is CN(C)Cc1cccc(CN(C)C)n1.O=S(=O)(O)C(F)(F)F.O=S(=O)(O)C(F)(F)F.[Ru].c1ccc(P(c2ccccc2)c2ccccc2)cc1. The van der Waals surface area contributed by atoms with Crippen LogP contribution in [0.3, 0.4) is 0 Å². The van der Waals surface area contributed by atoms with Crippen molar-refractivity contribution in [3.05, 3.63) is 121 Å². The summed E-state index contributed by atoms with van der Waals surface area (Å²) in [5.41, 5.74) is -8.80. The van der Waals surface area contributed by atoms with E-state index < -0.39 is 39.2 Å². The van der Waals surface area contributed by atoms with Crippen molar-refractivity contribution >= 4 is 44.1 Å². The Morgan fingerprint density at radius 1 is 0.540 bits per heavy atom. The molecule has 50 heavy (non-hydrogen) atoms. The van der Waals surface area contributed by atoms with Crippen LogP contribution >= 0.6 is 7.92 Å². The largest absolute Gasteiger partial charge is 0.522 e. The topological polar surface area (TPSA) is 128 Å². The maximum atomic E-state index is 10.7. The minimum atomic E-state index is -5.84. The molecule has 4 rings (SSSR count). The summed E-state index contributed by atoms with van der Waals surface area (Å²) < 4.78 is 115. The average molecular weight is 857 g/mol. The summed E-state index contributed by atoms with van der Waals surface area (Å²) in [6.07, 6.45) is 0. The summed E-state index contributed by atoms with van der Waals surface area (Å²) in [7, 11) is -3.90. The zero-order valence-electron chi connectivity index (χ0n) is 27.1. The first-order chi connectivity index (χ1) is 22.5. The minimum absolute atomic E-state index is 0. The van der Waals surface area contributed by atoms with Gasteiger partial charge in [0.2, 0.25) is 0 Å². The summed E-state index contributed by atoms with van der Waals surface area (Å²) in [5.74, 6) is 0. The van der Waals surface area contributed by atoms with Crippen molar-refractivity contribution in [1.82, 2.24) is 14.8 Å². The van der Waals surface area contributed by atoms with Gasteiger partial charge in [0.25, 0.3) is 0 Å². The molecule has 9 nitrogen and oxygen atoms in total. The Hall–Kier alpha value is -2.82. The summed E-state index contributed by atoms with van der Waals surface area (Å²) in [5, 5.41) is 4.19. The quantitative estimate of drug-likeness (QED) is 0.0823. The molecule has 0 aliphatic heterocycles. The second kappa shape index (κ2) is 21.5. The molecule has 0 radical (unpaired) electrons. The van der Waals surface area contributed by atoms with Gasteiger partial charge in [-0.3, -0.25) is 14.1 Å². The summed E-state index contributed by atoms with van der Waals surface area (Å²) in [6, 6.07) is 38.5. The van der Waals surface area contributed by atoms with Crippen LogP contribution in [-0.4, -0.2) is 79.9 Å². The van der Waals surface area contributed by atoms with Crippen LogP contribution in [0, 0.1) is 0 Å². The molecule has 0 saturated heterocycles. The fourth-order valence-electron chi connectivity index (χ4n) is 3.53. The van der Waals surface area contributed by atoms with E-state index in [-0.39, 0.29) is 19.5 Å². The second-order valence-corrected chi connectivity index (χ2v) is 15.3. The predicted octanol–water partition coefficient (Wildman–Crippen LogP) is 5.44. The fraction of sp³-hybridized carbons (Fsp3) is 0.258. The Morgan fingerprint density at radius 3 is 0.980 bits per heavy atom. The van der Waals surface area contributed by atoms with E-state index in [4.69, 9.17) is 25.9 Å². The molecule has 19 heteroatoms. The number of alkyl halides is 6. The maximum absolute atomic E-state index is 10.7. The zero-order valence-corrected chi connectivity index (χ0v) is 31.3. The van der Waals surface area contributed by atoms with E-state index in [1.54, 1.807) is 0 Å². The van der Waals surface area contributed by atoms with E-state index in [1.807, 2.05) is 0 Å². The molecular weight excluding hydrogens is 821 g/mol. The van der Waals surface area contributed by atoms with E-state index in [0.29, 0.717) is 0 Å². The number of nitrogens with zero attached hydrogens (tertiary/aromatic N) is 3. The molecule has 2 N–H and O–H groups in total. The van der Waals surface area contributed by atoms with Crippen molar-refractivity contribution in [2.45, 2.75) is 24.1 Å². The van der Waals surface area contributed by atoms with Gasteiger partial charge < -0.3 is 9.80 Å². The van der Waals surface area contributed by atoms with Gasteiger partial charge in [-0.05, 0) is 64.2 Å². The van der Waals surface area contributed by atoms with Gasteiger partial charge in [-0.25, -0.2) is 0 Å². The van der Waals surface area contributed by atoms with Gasteiger partial charge in [-0.1, -0.05) is 97.1 Å². The first-order valence-electron chi connectivity index (χ1n) is 13.8. The van der Waals surface area contributed by atoms with Crippen molar-refractivity contribution in [3.8, 4) is 0 Å². The van der Waals surface area contributed by atoms with Gasteiger partial charge in [-0.2, -0.15) is 43.2 Å². The molecule has 0 bridgehead atoms. The standard InChI is InChI=1S/C18H15P.C11H19N3.2CHF3O3S.Ru/c1-4-10-16(11-5-1)19(17-12-6-2-7-13-17)18-14-8-3-9-15-18;1-13(2)8-10-6-5-7-11(12-10)9-14(3)4;2*2-1(3,4)8(5,6)7;/h1-15H;5-7H,8-9H2,1-4H3;2*(H,5,6,7);. The molecule has 4 aromatic rings. The number of hydrogen-bond acceptors (Lipinski definition) is 7. The van der Waals surface area contributed by atoms with Crippen LogP contribution in [0.4, 0.5) is 26.3 Å². The molecule has 1 aromatic heterocycles. The van der Waals surface area contributed by atoms with Gasteiger partial charge in [0, 0.05) is 32.6 Å². The van der Waals surface area contributed by atoms with Crippen molar-refractivity contribution in [1.29, 1.82) is 0 Å². The van der Waals surface area contributed by atoms with Crippen molar-refractivity contribution in [2.75, 3.05) is 28.2 Å². The van der Waals surface area contributed by atoms with Crippen LogP contribution in [0.2, 0.25) is 0 Å². The molecule has 3 aromatic carbocycles. The Morgan fingerprint density at radius 2 is 0.780 bits per heavy atom. The van der Waals surface area contributed by atoms with Crippen LogP contribution in [0.15, 0.2) is 109 Å². The van der Waals surface area contributed by atoms with Gasteiger partial charge >= 0.3 is 31.3 Å². The Balaban J connectivity index is 0.000000686. The van der Waals surface area contributed by atoms with Gasteiger partial charge in [0.15, 0.2) is 0 Å². The van der Waals surface area contributed by atoms with Crippen LogP contribution in [-0.2, 0) is 52.8 Å². The monoisotopic (exact) mass is 857 g/mol. The van der Waals surface area contributed by atoms with Crippen molar-refractivity contribution < 1.29 is 71.8 Å². The smallest absolute Gasteiger partial charge is 0.304 e. The zero-order chi connectivity index (χ0) is 37.5. The molecule has 0 atom stereocenters. The van der Waals surface area contributed by atoms with E-state index in [2.05, 4.69) is 152 Å². The summed E-state index contributed by atoms with van der Waals surface area (Å²) in [4.78, 5) is 8.82. The normalized spacial score (nSPS) is 11.7. The van der Waals surface area contributed by atoms with Crippen LogP contribution in [0.1, 0.15) is 11.4 Å². The molecule has 0 aliphatic rings. The maximum Gasteiger partial charge on any atom is 0.522 e. The molecular formula is C31H36F6N3O6PRuS2. The molecule has 0 unspecified atom stereocenters. The van der Waals surface area contributed by atoms with E-state index >= 15 is 0 Å². The Kier molecular flexibility index (Phi) is 20.3. The number of benzene rings is 3. The fourth-order valence-corrected chi connectivity index (χ4v) is 5.84. The Labute approximate surface area is 302 Å². The van der Waals surface area contributed by atoms with Gasteiger partial charge in [-0.15, -0.1) is 0 Å². The number of hydrogen-bond donors (Lipinski definition) is 2. The third-order valence-electron chi connectivity index (χ3n) is 5.45. The first-order valence-corrected chi connectivity index (χ1v) is 18.0. The first kappa shape index (κ1) is 47.2. The number of halogens is 6. The van der Waals surface area contributed by atoms with Crippen molar-refractivity contribution in [3.63, 3.8) is 0 Å². The van der Waals surface area contributed by atoms with E-state index in [0.717, 1.165) is 24.5 Å². The summed E-state index contributed by atoms with van der Waals surface area (Å²) >= 11 is 0. The molecule has 0 amide bonds. The molecule has 0 saturated carbocycles. The Bertz CT molecular complexity index is 1600. The molecule has 0 aliphatic carbocycles. The minimum Gasteiger partial charge on any atom is -0.304 e. The number of rotatable bonds is 7. The summed E-state index contributed by atoms with van der Waals surface area (Å²) in [6.45, 7) is 1.81. The average Bonchev–Trinajstić information content (AvgIpc) is 2.98.